The first-order valence-corrected chi connectivity index (χ1v) is 7.97. The van der Waals surface area contributed by atoms with Crippen molar-refractivity contribution in [1.29, 1.82) is 0 Å². The standard InChI is InChI=1S/C17H25NO2/c1-2-19-17-11-14(12-18-15-6-7-15)5-8-16(17)20-10-9-13-3-4-13/h5,8,11,13,15,18H,2-4,6-7,9-10,12H2,1H3. The van der Waals surface area contributed by atoms with Gasteiger partial charge in [0, 0.05) is 12.6 Å². The zero-order valence-corrected chi connectivity index (χ0v) is 12.4. The van der Waals surface area contributed by atoms with Gasteiger partial charge in [-0.1, -0.05) is 18.9 Å². The van der Waals surface area contributed by atoms with Crippen LogP contribution in [0.25, 0.3) is 0 Å². The number of nitrogens with one attached hydrogen (secondary N) is 1. The molecule has 0 radical (unpaired) electrons. The van der Waals surface area contributed by atoms with Crippen LogP contribution in [0.3, 0.4) is 0 Å². The number of rotatable bonds is 9. The molecule has 2 aliphatic rings. The second-order valence-electron chi connectivity index (χ2n) is 5.95. The maximum Gasteiger partial charge on any atom is 0.161 e. The van der Waals surface area contributed by atoms with E-state index < -0.39 is 0 Å². The van der Waals surface area contributed by atoms with E-state index in [0.717, 1.165) is 36.6 Å². The van der Waals surface area contributed by atoms with E-state index >= 15 is 0 Å². The lowest BCUT2D eigenvalue weighted by molar-refractivity contribution is 0.268. The Kier molecular flexibility index (Phi) is 4.46. The lowest BCUT2D eigenvalue weighted by atomic mass is 10.2. The van der Waals surface area contributed by atoms with Crippen LogP contribution in [0.15, 0.2) is 18.2 Å². The first-order chi connectivity index (χ1) is 9.85. The summed E-state index contributed by atoms with van der Waals surface area (Å²) in [6, 6.07) is 7.05. The topological polar surface area (TPSA) is 30.5 Å². The smallest absolute Gasteiger partial charge is 0.161 e. The average Bonchev–Trinajstić information content (AvgIpc) is 3.34. The Hall–Kier alpha value is -1.22. The lowest BCUT2D eigenvalue weighted by Crippen LogP contribution is -2.15. The zero-order chi connectivity index (χ0) is 13.8. The van der Waals surface area contributed by atoms with E-state index in [-0.39, 0.29) is 0 Å². The third-order valence-electron chi connectivity index (χ3n) is 3.96. The second-order valence-corrected chi connectivity index (χ2v) is 5.95. The van der Waals surface area contributed by atoms with Crippen LogP contribution in [-0.4, -0.2) is 19.3 Å². The van der Waals surface area contributed by atoms with E-state index in [1.54, 1.807) is 0 Å². The van der Waals surface area contributed by atoms with Gasteiger partial charge in [0.25, 0.3) is 0 Å². The van der Waals surface area contributed by atoms with Crippen molar-refractivity contribution in [3.63, 3.8) is 0 Å². The Bertz CT molecular complexity index is 439. The molecule has 0 bridgehead atoms. The summed E-state index contributed by atoms with van der Waals surface area (Å²) in [5.41, 5.74) is 1.27. The van der Waals surface area contributed by atoms with Gasteiger partial charge >= 0.3 is 0 Å². The van der Waals surface area contributed by atoms with Crippen molar-refractivity contribution >= 4 is 0 Å². The van der Waals surface area contributed by atoms with Crippen LogP contribution in [0.1, 0.15) is 44.6 Å². The summed E-state index contributed by atoms with van der Waals surface area (Å²) in [7, 11) is 0. The quantitative estimate of drug-likeness (QED) is 0.748. The van der Waals surface area contributed by atoms with Gasteiger partial charge in [-0.3, -0.25) is 0 Å². The van der Waals surface area contributed by atoms with Crippen molar-refractivity contribution in [1.82, 2.24) is 5.32 Å². The summed E-state index contributed by atoms with van der Waals surface area (Å²) in [6.45, 7) is 4.43. The van der Waals surface area contributed by atoms with Crippen LogP contribution in [-0.2, 0) is 6.54 Å². The lowest BCUT2D eigenvalue weighted by Gasteiger charge is -2.13. The number of benzene rings is 1. The molecule has 3 heteroatoms. The minimum Gasteiger partial charge on any atom is -0.490 e. The average molecular weight is 275 g/mol. The number of hydrogen-bond donors (Lipinski definition) is 1. The molecule has 3 nitrogen and oxygen atoms in total. The Morgan fingerprint density at radius 3 is 2.65 bits per heavy atom. The molecule has 2 aliphatic carbocycles. The fourth-order valence-electron chi connectivity index (χ4n) is 2.34. The Labute approximate surface area is 121 Å². The molecule has 20 heavy (non-hydrogen) atoms. The Morgan fingerprint density at radius 2 is 1.95 bits per heavy atom. The van der Waals surface area contributed by atoms with Gasteiger partial charge in [-0.15, -0.1) is 0 Å². The monoisotopic (exact) mass is 275 g/mol. The predicted octanol–water partition coefficient (Wildman–Crippen LogP) is 3.52. The van der Waals surface area contributed by atoms with Gasteiger partial charge in [-0.25, -0.2) is 0 Å². The molecule has 0 spiro atoms. The van der Waals surface area contributed by atoms with Gasteiger partial charge in [0.15, 0.2) is 11.5 Å². The van der Waals surface area contributed by atoms with Crippen LogP contribution in [0.5, 0.6) is 11.5 Å². The van der Waals surface area contributed by atoms with E-state index in [2.05, 4.69) is 23.5 Å². The van der Waals surface area contributed by atoms with Gasteiger partial charge in [0.1, 0.15) is 0 Å². The Balaban J connectivity index is 1.57. The third-order valence-corrected chi connectivity index (χ3v) is 3.96. The van der Waals surface area contributed by atoms with Crippen LogP contribution >= 0.6 is 0 Å². The maximum atomic E-state index is 5.89. The van der Waals surface area contributed by atoms with Crippen molar-refractivity contribution in [3.05, 3.63) is 23.8 Å². The van der Waals surface area contributed by atoms with Crippen molar-refractivity contribution in [2.75, 3.05) is 13.2 Å². The molecule has 3 rings (SSSR count). The normalized spacial score (nSPS) is 18.1. The molecular formula is C17H25NO2. The first kappa shape index (κ1) is 13.7. The van der Waals surface area contributed by atoms with Crippen LogP contribution < -0.4 is 14.8 Å². The number of hydrogen-bond acceptors (Lipinski definition) is 3. The van der Waals surface area contributed by atoms with Crippen LogP contribution in [0, 0.1) is 5.92 Å². The summed E-state index contributed by atoms with van der Waals surface area (Å²) >= 11 is 0. The minimum atomic E-state index is 0.679. The molecule has 110 valence electrons. The highest BCUT2D eigenvalue weighted by Crippen LogP contribution is 2.34. The maximum absolute atomic E-state index is 5.89. The molecule has 0 unspecified atom stereocenters. The molecule has 0 amide bonds. The third kappa shape index (κ3) is 4.14. The predicted molar refractivity (Wildman–Crippen MR) is 80.3 cm³/mol. The molecule has 0 heterocycles. The Morgan fingerprint density at radius 1 is 1.10 bits per heavy atom. The van der Waals surface area contributed by atoms with E-state index in [1.165, 1.54) is 37.7 Å². The molecule has 0 aliphatic heterocycles. The van der Waals surface area contributed by atoms with Crippen LogP contribution in [0.4, 0.5) is 0 Å². The molecule has 1 aromatic carbocycles. The summed E-state index contributed by atoms with van der Waals surface area (Å²) in [6.07, 6.45) is 6.58. The first-order valence-electron chi connectivity index (χ1n) is 7.97. The number of ether oxygens (including phenoxy) is 2. The zero-order valence-electron chi connectivity index (χ0n) is 12.4. The SMILES string of the molecule is CCOc1cc(CNC2CC2)ccc1OCCC1CC1. The summed E-state index contributed by atoms with van der Waals surface area (Å²) < 4.78 is 11.6. The molecule has 1 N–H and O–H groups in total. The fraction of sp³-hybridized carbons (Fsp3) is 0.647. The van der Waals surface area contributed by atoms with Gasteiger partial charge in [-0.05, 0) is 49.8 Å². The summed E-state index contributed by atoms with van der Waals surface area (Å²) in [5.74, 6) is 2.69. The molecular weight excluding hydrogens is 250 g/mol. The van der Waals surface area contributed by atoms with Crippen molar-refractivity contribution in [2.45, 2.75) is 51.6 Å². The van der Waals surface area contributed by atoms with Crippen molar-refractivity contribution in [2.24, 2.45) is 5.92 Å². The summed E-state index contributed by atoms with van der Waals surface area (Å²) in [5, 5.41) is 3.53. The highest BCUT2D eigenvalue weighted by Gasteiger charge is 2.21. The second kappa shape index (κ2) is 6.49. The molecule has 0 saturated heterocycles. The van der Waals surface area contributed by atoms with Crippen LogP contribution in [0.2, 0.25) is 0 Å². The van der Waals surface area contributed by atoms with Gasteiger partial charge in [0.2, 0.25) is 0 Å². The summed E-state index contributed by atoms with van der Waals surface area (Å²) in [4.78, 5) is 0. The van der Waals surface area contributed by atoms with Crippen molar-refractivity contribution in [3.8, 4) is 11.5 Å². The molecule has 0 atom stereocenters. The van der Waals surface area contributed by atoms with Gasteiger partial charge in [0.05, 0.1) is 13.2 Å². The van der Waals surface area contributed by atoms with E-state index in [0.29, 0.717) is 6.61 Å². The highest BCUT2D eigenvalue weighted by atomic mass is 16.5. The molecule has 0 aromatic heterocycles. The minimum absolute atomic E-state index is 0.679. The van der Waals surface area contributed by atoms with E-state index in [4.69, 9.17) is 9.47 Å². The molecule has 1 aromatic rings. The van der Waals surface area contributed by atoms with Gasteiger partial charge in [-0.2, -0.15) is 0 Å². The van der Waals surface area contributed by atoms with E-state index in [9.17, 15) is 0 Å². The molecule has 2 saturated carbocycles. The molecule has 2 fully saturated rings. The van der Waals surface area contributed by atoms with E-state index in [1.807, 2.05) is 6.92 Å². The largest absolute Gasteiger partial charge is 0.490 e. The highest BCUT2D eigenvalue weighted by molar-refractivity contribution is 5.43. The van der Waals surface area contributed by atoms with Gasteiger partial charge < -0.3 is 14.8 Å². The fourth-order valence-corrected chi connectivity index (χ4v) is 2.34. The van der Waals surface area contributed by atoms with Crippen molar-refractivity contribution < 1.29 is 9.47 Å².